The van der Waals surface area contributed by atoms with Crippen molar-refractivity contribution in [3.63, 3.8) is 0 Å². The van der Waals surface area contributed by atoms with E-state index in [2.05, 4.69) is 13.8 Å². The summed E-state index contributed by atoms with van der Waals surface area (Å²) in [7, 11) is 0. The van der Waals surface area contributed by atoms with E-state index >= 15 is 0 Å². The molecule has 0 aliphatic carbocycles. The molecule has 3 aromatic rings. The van der Waals surface area contributed by atoms with Crippen LogP contribution in [0.15, 0.2) is 72.8 Å². The minimum atomic E-state index is -1.02. The topological polar surface area (TPSA) is 73.8 Å². The first kappa shape index (κ1) is 28.0. The molecule has 37 heavy (non-hydrogen) atoms. The van der Waals surface area contributed by atoms with E-state index in [9.17, 15) is 18.4 Å². The number of aryl methyl sites for hydroxylation is 1. The highest BCUT2D eigenvalue weighted by atomic mass is 19.1. The molecule has 1 amide bonds. The van der Waals surface area contributed by atoms with Gasteiger partial charge in [-0.3, -0.25) is 4.79 Å². The number of carbonyl (C=O) groups is 2. The molecule has 0 radical (unpaired) electrons. The summed E-state index contributed by atoms with van der Waals surface area (Å²) < 4.78 is 31.4. The zero-order valence-corrected chi connectivity index (χ0v) is 21.4. The van der Waals surface area contributed by atoms with E-state index < -0.39 is 23.8 Å². The molecule has 0 saturated carbocycles. The summed E-state index contributed by atoms with van der Waals surface area (Å²) in [4.78, 5) is 24.6. The Labute approximate surface area is 217 Å². The van der Waals surface area contributed by atoms with Crippen LogP contribution < -0.4 is 10.6 Å². The molecule has 4 rings (SSSR count). The number of likely N-dealkylation sites (tertiary alicyclic amines) is 1. The summed E-state index contributed by atoms with van der Waals surface area (Å²) in [6.07, 6.45) is 1.90. The third kappa shape index (κ3) is 8.79. The van der Waals surface area contributed by atoms with E-state index in [1.54, 1.807) is 12.1 Å². The highest BCUT2D eigenvalue weighted by Crippen LogP contribution is 2.27. The number of rotatable bonds is 7. The van der Waals surface area contributed by atoms with Gasteiger partial charge < -0.3 is 15.4 Å². The standard InChI is InChI=1S/C16H23NO.C14H11F2NO2/c1-3-14-8-10-17(11-9-14)12-16(18)15-6-4-13(2)5-7-15;15-11-5-1-3-9(7-11)13(19-14(17)18)10-4-2-6-12(16)8-10/h4-7,14H,3,8-12H2,1-2H3;1-8,13H,(H2,17,18)/p+1. The average molecular weight is 510 g/mol. The van der Waals surface area contributed by atoms with Gasteiger partial charge in [-0.25, -0.2) is 13.6 Å². The van der Waals surface area contributed by atoms with Crippen LogP contribution in [0, 0.1) is 24.5 Å². The van der Waals surface area contributed by atoms with Crippen molar-refractivity contribution in [3.05, 3.63) is 107 Å². The third-order valence-corrected chi connectivity index (χ3v) is 6.71. The first-order valence-electron chi connectivity index (χ1n) is 12.7. The fourth-order valence-corrected chi connectivity index (χ4v) is 4.52. The summed E-state index contributed by atoms with van der Waals surface area (Å²) in [5, 5.41) is 0. The van der Waals surface area contributed by atoms with E-state index in [1.807, 2.05) is 24.3 Å². The van der Waals surface area contributed by atoms with Crippen molar-refractivity contribution in [1.29, 1.82) is 0 Å². The molecule has 5 nitrogen and oxygen atoms in total. The Balaban J connectivity index is 0.000000206. The van der Waals surface area contributed by atoms with Crippen molar-refractivity contribution in [2.75, 3.05) is 19.6 Å². The molecule has 0 aromatic heterocycles. The quantitative estimate of drug-likeness (QED) is 0.439. The molecule has 3 N–H and O–H groups in total. The van der Waals surface area contributed by atoms with Crippen LogP contribution in [0.25, 0.3) is 0 Å². The Bertz CT molecular complexity index is 1130. The van der Waals surface area contributed by atoms with Crippen LogP contribution in [0.3, 0.4) is 0 Å². The number of ketones is 1. The van der Waals surface area contributed by atoms with E-state index in [-0.39, 0.29) is 0 Å². The lowest BCUT2D eigenvalue weighted by atomic mass is 9.94. The summed E-state index contributed by atoms with van der Waals surface area (Å²) in [5.41, 5.74) is 7.83. The van der Waals surface area contributed by atoms with Crippen LogP contribution >= 0.6 is 0 Å². The summed E-state index contributed by atoms with van der Waals surface area (Å²) >= 11 is 0. The number of hydrogen-bond donors (Lipinski definition) is 2. The predicted octanol–water partition coefficient (Wildman–Crippen LogP) is 5.03. The number of quaternary nitrogens is 1. The van der Waals surface area contributed by atoms with E-state index in [0.717, 1.165) is 24.6 Å². The summed E-state index contributed by atoms with van der Waals surface area (Å²) in [5.74, 6) is 0.224. The molecule has 1 saturated heterocycles. The lowest BCUT2D eigenvalue weighted by Crippen LogP contribution is -3.13. The number of Topliss-reactive ketones (excluding diaryl/α,β-unsaturated/α-hetero) is 1. The highest BCUT2D eigenvalue weighted by molar-refractivity contribution is 5.96. The van der Waals surface area contributed by atoms with Gasteiger partial charge in [0.1, 0.15) is 18.2 Å². The number of hydrogen-bond acceptors (Lipinski definition) is 3. The zero-order valence-electron chi connectivity index (χ0n) is 21.4. The second kappa shape index (κ2) is 13.7. The van der Waals surface area contributed by atoms with Crippen molar-refractivity contribution in [1.82, 2.24) is 0 Å². The number of ether oxygens (including phenoxy) is 1. The van der Waals surface area contributed by atoms with Crippen LogP contribution in [-0.4, -0.2) is 31.5 Å². The minimum Gasteiger partial charge on any atom is -0.437 e. The molecule has 0 bridgehead atoms. The van der Waals surface area contributed by atoms with Crippen molar-refractivity contribution >= 4 is 11.9 Å². The normalized spacial score (nSPS) is 17.0. The van der Waals surface area contributed by atoms with Gasteiger partial charge >= 0.3 is 6.09 Å². The molecule has 196 valence electrons. The maximum absolute atomic E-state index is 13.2. The van der Waals surface area contributed by atoms with Crippen LogP contribution in [0.1, 0.15) is 59.3 Å². The molecule has 0 unspecified atom stereocenters. The second-order valence-corrected chi connectivity index (χ2v) is 9.49. The monoisotopic (exact) mass is 509 g/mol. The van der Waals surface area contributed by atoms with Gasteiger partial charge in [-0.05, 0) is 61.1 Å². The Morgan fingerprint density at radius 2 is 1.49 bits per heavy atom. The van der Waals surface area contributed by atoms with Crippen molar-refractivity contribution in [2.24, 2.45) is 11.7 Å². The lowest BCUT2D eigenvalue weighted by molar-refractivity contribution is -0.897. The molecule has 3 aromatic carbocycles. The van der Waals surface area contributed by atoms with Crippen molar-refractivity contribution < 1.29 is 28.0 Å². The Morgan fingerprint density at radius 3 is 1.95 bits per heavy atom. The molecule has 1 aliphatic heterocycles. The maximum atomic E-state index is 13.2. The SMILES string of the molecule is CCC1CC[NH+](CC(=O)c2ccc(C)cc2)CC1.NC(=O)OC(c1cccc(F)c1)c1cccc(F)c1. The smallest absolute Gasteiger partial charge is 0.405 e. The number of amides is 1. The minimum absolute atomic E-state index is 0.292. The molecule has 1 fully saturated rings. The first-order chi connectivity index (χ1) is 17.7. The molecule has 1 aliphatic rings. The predicted molar refractivity (Wildman–Crippen MR) is 139 cm³/mol. The third-order valence-electron chi connectivity index (χ3n) is 6.71. The van der Waals surface area contributed by atoms with Gasteiger partial charge in [-0.2, -0.15) is 0 Å². The van der Waals surface area contributed by atoms with Gasteiger partial charge in [0.05, 0.1) is 13.1 Å². The van der Waals surface area contributed by atoms with Gasteiger partial charge in [0.2, 0.25) is 5.78 Å². The van der Waals surface area contributed by atoms with Crippen LogP contribution in [0.5, 0.6) is 0 Å². The fraction of sp³-hybridized carbons (Fsp3) is 0.333. The molecule has 7 heteroatoms. The average Bonchev–Trinajstić information content (AvgIpc) is 2.88. The number of nitrogens with two attached hydrogens (primary N) is 1. The summed E-state index contributed by atoms with van der Waals surface area (Å²) in [6, 6.07) is 19.0. The van der Waals surface area contributed by atoms with Crippen LogP contribution in [0.2, 0.25) is 0 Å². The Hall–Kier alpha value is -3.58. The number of nitrogens with one attached hydrogen (secondary N) is 1. The molecular formula is C30H35F2N2O3+. The molecular weight excluding hydrogens is 474 g/mol. The molecule has 0 spiro atoms. The Morgan fingerprint density at radius 1 is 0.946 bits per heavy atom. The Kier molecular flexibility index (Phi) is 10.3. The van der Waals surface area contributed by atoms with Crippen LogP contribution in [-0.2, 0) is 4.74 Å². The van der Waals surface area contributed by atoms with Gasteiger partial charge in [0, 0.05) is 5.56 Å². The first-order valence-corrected chi connectivity index (χ1v) is 12.7. The zero-order chi connectivity index (χ0) is 26.8. The second-order valence-electron chi connectivity index (χ2n) is 9.49. The number of halogens is 2. The number of benzene rings is 3. The number of primary amides is 1. The van der Waals surface area contributed by atoms with Crippen molar-refractivity contribution in [3.8, 4) is 0 Å². The van der Waals surface area contributed by atoms with Gasteiger partial charge in [-0.15, -0.1) is 0 Å². The summed E-state index contributed by atoms with van der Waals surface area (Å²) in [6.45, 7) is 7.31. The molecule has 0 atom stereocenters. The highest BCUT2D eigenvalue weighted by Gasteiger charge is 2.23. The van der Waals surface area contributed by atoms with Crippen LogP contribution in [0.4, 0.5) is 13.6 Å². The van der Waals surface area contributed by atoms with E-state index in [1.165, 1.54) is 66.1 Å². The maximum Gasteiger partial charge on any atom is 0.405 e. The largest absolute Gasteiger partial charge is 0.437 e. The lowest BCUT2D eigenvalue weighted by Gasteiger charge is -2.28. The number of piperidine rings is 1. The van der Waals surface area contributed by atoms with E-state index in [0.29, 0.717) is 23.5 Å². The van der Waals surface area contributed by atoms with Gasteiger partial charge in [0.25, 0.3) is 0 Å². The van der Waals surface area contributed by atoms with Gasteiger partial charge in [0.15, 0.2) is 6.10 Å². The van der Waals surface area contributed by atoms with Crippen molar-refractivity contribution in [2.45, 2.75) is 39.2 Å². The fourth-order valence-electron chi connectivity index (χ4n) is 4.52. The van der Waals surface area contributed by atoms with E-state index in [4.69, 9.17) is 10.5 Å². The van der Waals surface area contributed by atoms with Gasteiger partial charge in [-0.1, -0.05) is 67.4 Å². The molecule has 1 heterocycles. The number of carbonyl (C=O) groups excluding carboxylic acids is 2.